The van der Waals surface area contributed by atoms with E-state index in [0.29, 0.717) is 35.9 Å². The van der Waals surface area contributed by atoms with E-state index in [4.69, 9.17) is 4.84 Å². The molecule has 37 heavy (non-hydrogen) atoms. The van der Waals surface area contributed by atoms with Gasteiger partial charge in [-0.05, 0) is 30.0 Å². The Balaban J connectivity index is 1.67. The van der Waals surface area contributed by atoms with Crippen molar-refractivity contribution in [3.8, 4) is 22.5 Å². The highest BCUT2D eigenvalue weighted by Gasteiger charge is 2.19. The maximum absolute atomic E-state index is 13.5. The van der Waals surface area contributed by atoms with E-state index in [0.717, 1.165) is 33.7 Å². The fourth-order valence-corrected chi connectivity index (χ4v) is 4.16. The number of H-pyrrole nitrogens is 1. The molecule has 0 aliphatic heterocycles. The molecule has 4 rings (SSSR count). The summed E-state index contributed by atoms with van der Waals surface area (Å²) in [5.41, 5.74) is 4.13. The number of aromatic nitrogens is 4. The number of aromatic amines is 1. The predicted molar refractivity (Wildman–Crippen MR) is 138 cm³/mol. The minimum absolute atomic E-state index is 0.0890. The van der Waals surface area contributed by atoms with Crippen molar-refractivity contribution in [3.63, 3.8) is 0 Å². The number of likely N-dealkylation sites (N-methyl/N-ethyl adjacent to an activating group) is 1. The lowest BCUT2D eigenvalue weighted by Crippen LogP contribution is -2.34. The van der Waals surface area contributed by atoms with Crippen molar-refractivity contribution in [1.82, 2.24) is 24.8 Å². The number of amides is 1. The second kappa shape index (κ2) is 11.2. The molecule has 4 aromatic rings. The van der Waals surface area contributed by atoms with Crippen LogP contribution in [0.3, 0.4) is 0 Å². The average Bonchev–Trinajstić information content (AvgIpc) is 3.34. The van der Waals surface area contributed by atoms with Gasteiger partial charge in [-0.15, -0.1) is 0 Å². The quantitative estimate of drug-likeness (QED) is 0.348. The van der Waals surface area contributed by atoms with Crippen LogP contribution in [0.25, 0.3) is 22.5 Å². The van der Waals surface area contributed by atoms with Gasteiger partial charge in [-0.2, -0.15) is 0 Å². The van der Waals surface area contributed by atoms with Crippen molar-refractivity contribution in [2.75, 3.05) is 14.2 Å². The number of carbonyl (C=O) groups excluding carboxylic acids is 1. The lowest BCUT2D eigenvalue weighted by Gasteiger charge is -2.18. The number of aryl methyl sites for hydroxylation is 2. The topological polar surface area (TPSA) is 123 Å². The highest BCUT2D eigenvalue weighted by atomic mass is 16.7. The molecule has 192 valence electrons. The summed E-state index contributed by atoms with van der Waals surface area (Å²) in [5, 5.41) is 4.92. The summed E-state index contributed by atoms with van der Waals surface area (Å²) in [6.45, 7) is 4.11. The van der Waals surface area contributed by atoms with Crippen LogP contribution in [0.4, 0.5) is 0 Å². The monoisotopic (exact) mass is 503 g/mol. The molecule has 0 spiro atoms. The SMILES string of the molecule is CCCc1nc(C)c(CC(=O)N(C)OC)c(=O)n1Cc1ccc(-c2ccccc2-c2noc(=O)[nH]2)cc1. The Labute approximate surface area is 213 Å². The molecule has 0 atom stereocenters. The molecule has 0 fully saturated rings. The second-order valence-electron chi connectivity index (χ2n) is 8.67. The number of carbonyl (C=O) groups is 1. The fourth-order valence-electron chi connectivity index (χ4n) is 4.16. The molecule has 0 radical (unpaired) electrons. The van der Waals surface area contributed by atoms with Crippen LogP contribution >= 0.6 is 0 Å². The van der Waals surface area contributed by atoms with E-state index in [-0.39, 0.29) is 17.9 Å². The van der Waals surface area contributed by atoms with E-state index in [9.17, 15) is 14.4 Å². The minimum Gasteiger partial charge on any atom is -0.296 e. The number of nitrogens with one attached hydrogen (secondary N) is 1. The van der Waals surface area contributed by atoms with Crippen LogP contribution in [0, 0.1) is 6.92 Å². The van der Waals surface area contributed by atoms with E-state index in [1.807, 2.05) is 55.5 Å². The largest absolute Gasteiger partial charge is 0.439 e. The Morgan fingerprint density at radius 1 is 1.11 bits per heavy atom. The molecule has 0 bridgehead atoms. The van der Waals surface area contributed by atoms with Gasteiger partial charge >= 0.3 is 5.76 Å². The molecule has 0 aliphatic rings. The summed E-state index contributed by atoms with van der Waals surface area (Å²) < 4.78 is 6.32. The Bertz CT molecular complexity index is 1520. The molecule has 10 nitrogen and oxygen atoms in total. The third-order valence-corrected chi connectivity index (χ3v) is 6.20. The summed E-state index contributed by atoms with van der Waals surface area (Å²) in [4.78, 5) is 49.6. The Kier molecular flexibility index (Phi) is 7.78. The van der Waals surface area contributed by atoms with Gasteiger partial charge in [0.1, 0.15) is 5.82 Å². The van der Waals surface area contributed by atoms with Gasteiger partial charge in [-0.1, -0.05) is 60.6 Å². The summed E-state index contributed by atoms with van der Waals surface area (Å²) in [6, 6.07) is 15.4. The number of nitrogens with zero attached hydrogens (tertiary/aromatic N) is 4. The van der Waals surface area contributed by atoms with Crippen molar-refractivity contribution in [2.45, 2.75) is 39.7 Å². The average molecular weight is 504 g/mol. The molecule has 1 amide bonds. The fraction of sp³-hybridized carbons (Fsp3) is 0.296. The van der Waals surface area contributed by atoms with Crippen molar-refractivity contribution < 1.29 is 14.2 Å². The molecular formula is C27H29N5O5. The molecular weight excluding hydrogens is 474 g/mol. The smallest absolute Gasteiger partial charge is 0.296 e. The number of rotatable bonds is 9. The predicted octanol–water partition coefficient (Wildman–Crippen LogP) is 3.13. The number of hydrogen-bond acceptors (Lipinski definition) is 7. The van der Waals surface area contributed by atoms with Gasteiger partial charge < -0.3 is 0 Å². The normalized spacial score (nSPS) is 11.0. The van der Waals surface area contributed by atoms with Gasteiger partial charge in [0.05, 0.1) is 20.1 Å². The Morgan fingerprint density at radius 3 is 2.43 bits per heavy atom. The van der Waals surface area contributed by atoms with Crippen LogP contribution in [-0.2, 0) is 29.0 Å². The van der Waals surface area contributed by atoms with Crippen molar-refractivity contribution in [3.05, 3.63) is 92.1 Å². The van der Waals surface area contributed by atoms with Crippen LogP contribution in [-0.4, -0.2) is 44.8 Å². The van der Waals surface area contributed by atoms with Crippen molar-refractivity contribution in [1.29, 1.82) is 0 Å². The summed E-state index contributed by atoms with van der Waals surface area (Å²) in [6.07, 6.45) is 1.38. The highest BCUT2D eigenvalue weighted by molar-refractivity contribution is 5.80. The molecule has 0 saturated carbocycles. The lowest BCUT2D eigenvalue weighted by molar-refractivity contribution is -0.167. The van der Waals surface area contributed by atoms with Gasteiger partial charge in [0.25, 0.3) is 11.5 Å². The van der Waals surface area contributed by atoms with Crippen LogP contribution in [0.5, 0.6) is 0 Å². The Morgan fingerprint density at radius 2 is 1.81 bits per heavy atom. The van der Waals surface area contributed by atoms with E-state index < -0.39 is 5.76 Å². The maximum Gasteiger partial charge on any atom is 0.439 e. The zero-order valence-electron chi connectivity index (χ0n) is 21.3. The summed E-state index contributed by atoms with van der Waals surface area (Å²) >= 11 is 0. The van der Waals surface area contributed by atoms with Gasteiger partial charge in [0.15, 0.2) is 5.82 Å². The van der Waals surface area contributed by atoms with E-state index in [1.54, 1.807) is 11.5 Å². The van der Waals surface area contributed by atoms with Gasteiger partial charge in [-0.3, -0.25) is 28.5 Å². The van der Waals surface area contributed by atoms with Gasteiger partial charge in [-0.25, -0.2) is 14.8 Å². The minimum atomic E-state index is -0.616. The van der Waals surface area contributed by atoms with E-state index >= 15 is 0 Å². The zero-order valence-corrected chi connectivity index (χ0v) is 21.3. The molecule has 0 unspecified atom stereocenters. The number of hydrogen-bond donors (Lipinski definition) is 1. The first-order valence-corrected chi connectivity index (χ1v) is 12.0. The first-order chi connectivity index (χ1) is 17.8. The molecule has 0 aliphatic carbocycles. The zero-order chi connectivity index (χ0) is 26.5. The first-order valence-electron chi connectivity index (χ1n) is 12.0. The molecule has 2 heterocycles. The second-order valence-corrected chi connectivity index (χ2v) is 8.67. The lowest BCUT2D eigenvalue weighted by atomic mass is 9.98. The third kappa shape index (κ3) is 5.59. The van der Waals surface area contributed by atoms with Gasteiger partial charge in [0, 0.05) is 30.3 Å². The Hall–Kier alpha value is -4.31. The highest BCUT2D eigenvalue weighted by Crippen LogP contribution is 2.30. The number of benzene rings is 2. The molecule has 2 aromatic carbocycles. The van der Waals surface area contributed by atoms with E-state index in [1.165, 1.54) is 14.2 Å². The standard InChI is InChI=1S/C27H29N5O5/c1-5-8-23-28-17(2)22(15-24(33)31(3)36-4)26(34)32(23)16-18-11-13-19(14-12-18)20-9-6-7-10-21(20)25-29-27(35)37-30-25/h6-7,9-14H,5,8,15-16H2,1-4H3,(H,29,30,35). The van der Waals surface area contributed by atoms with E-state index in [2.05, 4.69) is 19.6 Å². The van der Waals surface area contributed by atoms with Gasteiger partial charge in [0.2, 0.25) is 0 Å². The van der Waals surface area contributed by atoms with Crippen LogP contribution < -0.4 is 11.3 Å². The summed E-state index contributed by atoms with van der Waals surface area (Å²) in [5.74, 6) is 0.101. The van der Waals surface area contributed by atoms with Crippen LogP contribution in [0.1, 0.15) is 36.0 Å². The van der Waals surface area contributed by atoms with Crippen molar-refractivity contribution >= 4 is 5.91 Å². The van der Waals surface area contributed by atoms with Crippen molar-refractivity contribution in [2.24, 2.45) is 0 Å². The molecule has 1 N–H and O–H groups in total. The molecule has 0 saturated heterocycles. The third-order valence-electron chi connectivity index (χ3n) is 6.20. The molecule has 10 heteroatoms. The number of hydroxylamine groups is 2. The molecule has 2 aromatic heterocycles. The summed E-state index contributed by atoms with van der Waals surface area (Å²) in [7, 11) is 2.91. The maximum atomic E-state index is 13.5. The first kappa shape index (κ1) is 25.8. The van der Waals surface area contributed by atoms with Crippen LogP contribution in [0.15, 0.2) is 62.6 Å². The van der Waals surface area contributed by atoms with Crippen LogP contribution in [0.2, 0.25) is 0 Å².